The number of aliphatic carboxylic acids is 1. The first kappa shape index (κ1) is 12.8. The molecule has 0 aromatic rings. The third-order valence-electron chi connectivity index (χ3n) is 2.62. The first-order chi connectivity index (χ1) is 7.41. The summed E-state index contributed by atoms with van der Waals surface area (Å²) in [6.07, 6.45) is 1.79. The Morgan fingerprint density at radius 1 is 1.44 bits per heavy atom. The van der Waals surface area contributed by atoms with Gasteiger partial charge in [0.05, 0.1) is 0 Å². The summed E-state index contributed by atoms with van der Waals surface area (Å²) in [7, 11) is 1.68. The first-order valence-corrected chi connectivity index (χ1v) is 5.66. The molecule has 1 unspecified atom stereocenters. The quantitative estimate of drug-likeness (QED) is 0.741. The maximum atomic E-state index is 11.7. The van der Waals surface area contributed by atoms with Crippen molar-refractivity contribution in [1.29, 1.82) is 0 Å². The van der Waals surface area contributed by atoms with E-state index in [1.54, 1.807) is 7.05 Å². The Kier molecular flexibility index (Phi) is 4.15. The lowest BCUT2D eigenvalue weighted by molar-refractivity contribution is -0.139. The number of carbonyl (C=O) groups is 2. The Balaban J connectivity index is 2.44. The van der Waals surface area contributed by atoms with E-state index in [4.69, 9.17) is 5.11 Å². The number of carboxylic acids is 1. The molecule has 2 amide bonds. The number of urea groups is 1. The number of nitrogens with zero attached hydrogens (tertiary/aromatic N) is 1. The van der Waals surface area contributed by atoms with Crippen LogP contribution < -0.4 is 5.32 Å². The molecule has 1 aliphatic carbocycles. The number of hydrogen-bond donors (Lipinski definition) is 2. The summed E-state index contributed by atoms with van der Waals surface area (Å²) in [6, 6.07) is -1.02. The largest absolute Gasteiger partial charge is 0.480 e. The van der Waals surface area contributed by atoms with Crippen LogP contribution >= 0.6 is 0 Å². The Hall–Kier alpha value is -1.26. The van der Waals surface area contributed by atoms with Gasteiger partial charge in [0.25, 0.3) is 0 Å². The Morgan fingerprint density at radius 2 is 2.00 bits per heavy atom. The summed E-state index contributed by atoms with van der Waals surface area (Å²) in [6.45, 7) is 4.65. The van der Waals surface area contributed by atoms with Gasteiger partial charge in [-0.05, 0) is 24.7 Å². The molecule has 1 aliphatic rings. The zero-order valence-corrected chi connectivity index (χ0v) is 10.1. The highest BCUT2D eigenvalue weighted by Crippen LogP contribution is 2.32. The maximum absolute atomic E-state index is 11.7. The highest BCUT2D eigenvalue weighted by molar-refractivity contribution is 5.83. The average molecular weight is 228 g/mol. The van der Waals surface area contributed by atoms with Crippen molar-refractivity contribution >= 4 is 12.0 Å². The summed E-state index contributed by atoms with van der Waals surface area (Å²) in [5.41, 5.74) is 0. The minimum Gasteiger partial charge on any atom is -0.480 e. The number of nitrogens with one attached hydrogen (secondary N) is 1. The lowest BCUT2D eigenvalue weighted by atomic mass is 10.2. The summed E-state index contributed by atoms with van der Waals surface area (Å²) >= 11 is 0. The van der Waals surface area contributed by atoms with Gasteiger partial charge in [-0.2, -0.15) is 0 Å². The van der Waals surface area contributed by atoms with Crippen LogP contribution in [-0.2, 0) is 4.79 Å². The molecule has 0 heterocycles. The molecule has 0 aromatic heterocycles. The maximum Gasteiger partial charge on any atom is 0.326 e. The molecule has 1 atom stereocenters. The Labute approximate surface area is 95.8 Å². The molecule has 0 aromatic carbocycles. The molecule has 5 heteroatoms. The molecule has 0 bridgehead atoms. The van der Waals surface area contributed by atoms with Gasteiger partial charge in [0.2, 0.25) is 0 Å². The van der Waals surface area contributed by atoms with Gasteiger partial charge in [-0.3, -0.25) is 0 Å². The van der Waals surface area contributed by atoms with Crippen LogP contribution in [0.15, 0.2) is 0 Å². The fourth-order valence-corrected chi connectivity index (χ4v) is 1.68. The standard InChI is InChI=1S/C11H20N2O3/c1-7(2)6-13(3)11(16)12-9(10(14)15)8-4-5-8/h7-9H,4-6H2,1-3H3,(H,12,16)(H,14,15). The zero-order valence-electron chi connectivity index (χ0n) is 10.1. The lowest BCUT2D eigenvalue weighted by Gasteiger charge is -2.22. The molecule has 92 valence electrons. The third kappa shape index (κ3) is 3.72. The van der Waals surface area contributed by atoms with Crippen molar-refractivity contribution < 1.29 is 14.7 Å². The van der Waals surface area contributed by atoms with Crippen LogP contribution in [0.3, 0.4) is 0 Å². The molecule has 5 nitrogen and oxygen atoms in total. The van der Waals surface area contributed by atoms with Crippen LogP contribution in [0, 0.1) is 11.8 Å². The third-order valence-corrected chi connectivity index (χ3v) is 2.62. The van der Waals surface area contributed by atoms with Gasteiger partial charge in [0, 0.05) is 13.6 Å². The van der Waals surface area contributed by atoms with Gasteiger partial charge in [-0.25, -0.2) is 9.59 Å². The highest BCUT2D eigenvalue weighted by Gasteiger charge is 2.37. The number of carbonyl (C=O) groups excluding carboxylic acids is 1. The molecule has 16 heavy (non-hydrogen) atoms. The van der Waals surface area contributed by atoms with Crippen molar-refractivity contribution in [2.24, 2.45) is 11.8 Å². The van der Waals surface area contributed by atoms with Crippen molar-refractivity contribution in [1.82, 2.24) is 10.2 Å². The molecule has 2 N–H and O–H groups in total. The topological polar surface area (TPSA) is 69.6 Å². The average Bonchev–Trinajstić information content (AvgIpc) is 2.95. The van der Waals surface area contributed by atoms with Crippen LogP contribution in [0.5, 0.6) is 0 Å². The summed E-state index contributed by atoms with van der Waals surface area (Å²) in [5, 5.41) is 11.5. The van der Waals surface area contributed by atoms with Gasteiger partial charge in [-0.1, -0.05) is 13.8 Å². The number of carboxylic acid groups (broad SMARTS) is 1. The second-order valence-corrected chi connectivity index (χ2v) is 4.88. The Bertz CT molecular complexity index is 274. The van der Waals surface area contributed by atoms with Crippen LogP contribution in [0.4, 0.5) is 4.79 Å². The normalized spacial score (nSPS) is 17.0. The Morgan fingerprint density at radius 3 is 2.38 bits per heavy atom. The fraction of sp³-hybridized carbons (Fsp3) is 0.818. The van der Waals surface area contributed by atoms with Crippen LogP contribution in [0.25, 0.3) is 0 Å². The predicted molar refractivity (Wildman–Crippen MR) is 60.1 cm³/mol. The minimum absolute atomic E-state index is 0.119. The van der Waals surface area contributed by atoms with Gasteiger partial charge < -0.3 is 15.3 Å². The first-order valence-electron chi connectivity index (χ1n) is 5.66. The van der Waals surface area contributed by atoms with Crippen LogP contribution in [0.1, 0.15) is 26.7 Å². The smallest absolute Gasteiger partial charge is 0.326 e. The molecule has 0 spiro atoms. The summed E-state index contributed by atoms with van der Waals surface area (Å²) in [4.78, 5) is 24.1. The van der Waals surface area contributed by atoms with E-state index in [-0.39, 0.29) is 11.9 Å². The number of amides is 2. The predicted octanol–water partition coefficient (Wildman–Crippen LogP) is 1.15. The van der Waals surface area contributed by atoms with E-state index in [1.165, 1.54) is 4.90 Å². The molecular formula is C11H20N2O3. The lowest BCUT2D eigenvalue weighted by Crippen LogP contribution is -2.48. The van der Waals surface area contributed by atoms with E-state index in [0.717, 1.165) is 12.8 Å². The van der Waals surface area contributed by atoms with E-state index < -0.39 is 12.0 Å². The molecule has 0 aliphatic heterocycles. The van der Waals surface area contributed by atoms with E-state index in [2.05, 4.69) is 5.32 Å². The van der Waals surface area contributed by atoms with Crippen molar-refractivity contribution in [2.45, 2.75) is 32.7 Å². The molecule has 0 saturated heterocycles. The monoisotopic (exact) mass is 228 g/mol. The van der Waals surface area contributed by atoms with Crippen molar-refractivity contribution in [3.05, 3.63) is 0 Å². The second-order valence-electron chi connectivity index (χ2n) is 4.88. The molecule has 0 radical (unpaired) electrons. The SMILES string of the molecule is CC(C)CN(C)C(=O)NC(C(=O)O)C1CC1. The van der Waals surface area contributed by atoms with Crippen molar-refractivity contribution in [3.8, 4) is 0 Å². The number of hydrogen-bond acceptors (Lipinski definition) is 2. The highest BCUT2D eigenvalue weighted by atomic mass is 16.4. The van der Waals surface area contributed by atoms with E-state index in [0.29, 0.717) is 12.5 Å². The minimum atomic E-state index is -0.936. The van der Waals surface area contributed by atoms with Gasteiger partial charge >= 0.3 is 12.0 Å². The van der Waals surface area contributed by atoms with Crippen LogP contribution in [0.2, 0.25) is 0 Å². The van der Waals surface area contributed by atoms with E-state index in [9.17, 15) is 9.59 Å². The zero-order chi connectivity index (χ0) is 12.3. The summed E-state index contributed by atoms with van der Waals surface area (Å²) in [5.74, 6) is -0.442. The van der Waals surface area contributed by atoms with E-state index >= 15 is 0 Å². The van der Waals surface area contributed by atoms with Gasteiger partial charge in [-0.15, -0.1) is 0 Å². The van der Waals surface area contributed by atoms with Gasteiger partial charge in [0.1, 0.15) is 6.04 Å². The van der Waals surface area contributed by atoms with Crippen molar-refractivity contribution in [3.63, 3.8) is 0 Å². The summed E-state index contributed by atoms with van der Waals surface area (Å²) < 4.78 is 0. The second kappa shape index (κ2) is 5.18. The van der Waals surface area contributed by atoms with Gasteiger partial charge in [0.15, 0.2) is 0 Å². The van der Waals surface area contributed by atoms with Crippen molar-refractivity contribution in [2.75, 3.05) is 13.6 Å². The number of rotatable bonds is 5. The molecule has 1 rings (SSSR count). The molecular weight excluding hydrogens is 208 g/mol. The van der Waals surface area contributed by atoms with E-state index in [1.807, 2.05) is 13.8 Å². The fourth-order valence-electron chi connectivity index (χ4n) is 1.68. The van der Waals surface area contributed by atoms with Crippen LogP contribution in [-0.4, -0.2) is 41.6 Å². The molecule has 1 fully saturated rings. The molecule has 1 saturated carbocycles.